The molecule has 2 unspecified atom stereocenters. The van der Waals surface area contributed by atoms with E-state index in [2.05, 4.69) is 0 Å². The number of hydrogen-bond donors (Lipinski definition) is 0. The van der Waals surface area contributed by atoms with Crippen LogP contribution in [0, 0.1) is 11.3 Å². The summed E-state index contributed by atoms with van der Waals surface area (Å²) in [6.45, 7) is 6.12. The van der Waals surface area contributed by atoms with E-state index in [1.807, 2.05) is 79.4 Å². The molecule has 0 bridgehead atoms. The van der Waals surface area contributed by atoms with E-state index in [9.17, 15) is 9.59 Å². The van der Waals surface area contributed by atoms with Crippen molar-refractivity contribution in [3.63, 3.8) is 0 Å². The predicted octanol–water partition coefficient (Wildman–Crippen LogP) is 4.21. The zero-order chi connectivity index (χ0) is 21.4. The highest BCUT2D eigenvalue weighted by Crippen LogP contribution is 2.40. The molecule has 0 aliphatic carbocycles. The molecule has 0 radical (unpaired) electrons. The van der Waals surface area contributed by atoms with Gasteiger partial charge in [-0.05, 0) is 31.4 Å². The minimum absolute atomic E-state index is 0.0876. The third-order valence-electron chi connectivity index (χ3n) is 5.95. The average Bonchev–Trinajstić information content (AvgIpc) is 3.13. The van der Waals surface area contributed by atoms with Gasteiger partial charge in [-0.2, -0.15) is 0 Å². The fourth-order valence-electron chi connectivity index (χ4n) is 3.97. The van der Waals surface area contributed by atoms with Crippen LogP contribution in [0.2, 0.25) is 0 Å². The van der Waals surface area contributed by atoms with Gasteiger partial charge in [0, 0.05) is 32.0 Å². The topological polar surface area (TPSA) is 55.8 Å². The van der Waals surface area contributed by atoms with Crippen molar-refractivity contribution in [3.8, 4) is 0 Å². The van der Waals surface area contributed by atoms with E-state index in [0.29, 0.717) is 45.8 Å². The normalized spacial score (nSPS) is 18.3. The Balaban J connectivity index is 1.63. The Morgan fingerprint density at radius 3 is 2.33 bits per heavy atom. The van der Waals surface area contributed by atoms with E-state index in [4.69, 9.17) is 9.47 Å². The van der Waals surface area contributed by atoms with Gasteiger partial charge in [-0.3, -0.25) is 9.59 Å². The number of amides is 1. The number of carbonyl (C=O) groups excluding carboxylic acids is 2. The fourth-order valence-corrected chi connectivity index (χ4v) is 3.97. The first-order valence-corrected chi connectivity index (χ1v) is 10.6. The molecule has 3 rings (SSSR count). The molecule has 0 saturated carbocycles. The summed E-state index contributed by atoms with van der Waals surface area (Å²) >= 11 is 0. The largest absolute Gasteiger partial charge is 0.466 e. The molecule has 1 heterocycles. The van der Waals surface area contributed by atoms with Crippen LogP contribution in [0.4, 0.5) is 0 Å². The number of rotatable bonds is 10. The van der Waals surface area contributed by atoms with Gasteiger partial charge in [-0.15, -0.1) is 0 Å². The maximum absolute atomic E-state index is 12.9. The monoisotopic (exact) mass is 409 g/mol. The van der Waals surface area contributed by atoms with Crippen LogP contribution in [0.3, 0.4) is 0 Å². The number of benzene rings is 2. The molecule has 5 nitrogen and oxygen atoms in total. The number of esters is 1. The standard InChI is InChI=1S/C25H31NO4/c1-3-30-24(28)25(2,14-15-29-19-21-12-8-5-9-13-21)22-16-23(27)26(18-22)17-20-10-6-4-7-11-20/h4-13,22H,3,14-19H2,1-2H3. The molecule has 1 saturated heterocycles. The molecule has 2 atom stereocenters. The van der Waals surface area contributed by atoms with Crippen molar-refractivity contribution >= 4 is 11.9 Å². The van der Waals surface area contributed by atoms with Crippen molar-refractivity contribution in [2.45, 2.75) is 39.8 Å². The number of hydrogen-bond acceptors (Lipinski definition) is 4. The average molecular weight is 410 g/mol. The number of likely N-dealkylation sites (tertiary alicyclic amines) is 1. The van der Waals surface area contributed by atoms with Gasteiger partial charge < -0.3 is 14.4 Å². The second-order valence-electron chi connectivity index (χ2n) is 8.09. The molecular weight excluding hydrogens is 378 g/mol. The predicted molar refractivity (Wildman–Crippen MR) is 115 cm³/mol. The summed E-state index contributed by atoms with van der Waals surface area (Å²) in [6, 6.07) is 19.9. The van der Waals surface area contributed by atoms with Crippen LogP contribution in [0.1, 0.15) is 37.8 Å². The molecule has 0 spiro atoms. The SMILES string of the molecule is CCOC(=O)C(C)(CCOCc1ccccc1)C1CC(=O)N(Cc2ccccc2)C1. The third-order valence-corrected chi connectivity index (χ3v) is 5.95. The molecule has 2 aromatic rings. The van der Waals surface area contributed by atoms with Crippen molar-refractivity contribution in [2.24, 2.45) is 11.3 Å². The highest BCUT2D eigenvalue weighted by molar-refractivity contribution is 5.82. The van der Waals surface area contributed by atoms with E-state index in [1.54, 1.807) is 0 Å². The van der Waals surface area contributed by atoms with Crippen LogP contribution in [0.15, 0.2) is 60.7 Å². The van der Waals surface area contributed by atoms with E-state index in [0.717, 1.165) is 11.1 Å². The van der Waals surface area contributed by atoms with Crippen LogP contribution >= 0.6 is 0 Å². The summed E-state index contributed by atoms with van der Waals surface area (Å²) in [5.74, 6) is -0.245. The summed E-state index contributed by atoms with van der Waals surface area (Å²) in [7, 11) is 0. The Morgan fingerprint density at radius 1 is 1.07 bits per heavy atom. The zero-order valence-corrected chi connectivity index (χ0v) is 17.9. The van der Waals surface area contributed by atoms with Gasteiger partial charge in [0.2, 0.25) is 5.91 Å². The summed E-state index contributed by atoms with van der Waals surface area (Å²) in [4.78, 5) is 27.4. The molecule has 1 amide bonds. The molecular formula is C25H31NO4. The maximum Gasteiger partial charge on any atom is 0.312 e. The first kappa shape index (κ1) is 22.0. The number of ether oxygens (including phenoxy) is 2. The first-order chi connectivity index (χ1) is 14.5. The molecule has 1 aliphatic rings. The number of carbonyl (C=O) groups is 2. The summed E-state index contributed by atoms with van der Waals surface area (Å²) in [5, 5.41) is 0. The Labute approximate surface area is 179 Å². The minimum Gasteiger partial charge on any atom is -0.466 e. The van der Waals surface area contributed by atoms with Crippen molar-refractivity contribution < 1.29 is 19.1 Å². The Kier molecular flexibility index (Phi) is 7.63. The summed E-state index contributed by atoms with van der Waals surface area (Å²) in [6.07, 6.45) is 0.886. The second-order valence-corrected chi connectivity index (χ2v) is 8.09. The van der Waals surface area contributed by atoms with Gasteiger partial charge >= 0.3 is 5.97 Å². The van der Waals surface area contributed by atoms with Gasteiger partial charge in [0.15, 0.2) is 0 Å². The van der Waals surface area contributed by atoms with Gasteiger partial charge in [-0.25, -0.2) is 0 Å². The van der Waals surface area contributed by atoms with Crippen LogP contribution in [0.25, 0.3) is 0 Å². The lowest BCUT2D eigenvalue weighted by Gasteiger charge is -2.33. The Morgan fingerprint density at radius 2 is 1.70 bits per heavy atom. The highest BCUT2D eigenvalue weighted by Gasteiger charge is 2.47. The molecule has 30 heavy (non-hydrogen) atoms. The highest BCUT2D eigenvalue weighted by atomic mass is 16.5. The lowest BCUT2D eigenvalue weighted by Crippen LogP contribution is -2.40. The molecule has 160 valence electrons. The van der Waals surface area contributed by atoms with Crippen LogP contribution < -0.4 is 0 Å². The molecule has 1 fully saturated rings. The molecule has 1 aliphatic heterocycles. The lowest BCUT2D eigenvalue weighted by molar-refractivity contribution is -0.159. The van der Waals surface area contributed by atoms with E-state index in [1.165, 1.54) is 0 Å². The Hall–Kier alpha value is -2.66. The van der Waals surface area contributed by atoms with E-state index < -0.39 is 5.41 Å². The molecule has 0 N–H and O–H groups in total. The second kappa shape index (κ2) is 10.4. The van der Waals surface area contributed by atoms with Crippen LogP contribution in [-0.2, 0) is 32.2 Å². The van der Waals surface area contributed by atoms with Gasteiger partial charge in [0.25, 0.3) is 0 Å². The fraction of sp³-hybridized carbons (Fsp3) is 0.440. The zero-order valence-electron chi connectivity index (χ0n) is 17.9. The Bertz CT molecular complexity index is 824. The smallest absolute Gasteiger partial charge is 0.312 e. The first-order valence-electron chi connectivity index (χ1n) is 10.6. The van der Waals surface area contributed by atoms with Gasteiger partial charge in [0.1, 0.15) is 0 Å². The van der Waals surface area contributed by atoms with Crippen molar-refractivity contribution in [3.05, 3.63) is 71.8 Å². The molecule has 0 aromatic heterocycles. The van der Waals surface area contributed by atoms with Gasteiger partial charge in [-0.1, -0.05) is 60.7 Å². The van der Waals surface area contributed by atoms with Crippen LogP contribution in [0.5, 0.6) is 0 Å². The molecule has 2 aromatic carbocycles. The third kappa shape index (κ3) is 5.48. The van der Waals surface area contributed by atoms with Crippen molar-refractivity contribution in [2.75, 3.05) is 19.8 Å². The number of nitrogens with zero attached hydrogens (tertiary/aromatic N) is 1. The minimum atomic E-state index is -0.756. The van der Waals surface area contributed by atoms with E-state index in [-0.39, 0.29) is 17.8 Å². The lowest BCUT2D eigenvalue weighted by atomic mass is 9.74. The van der Waals surface area contributed by atoms with E-state index >= 15 is 0 Å². The van der Waals surface area contributed by atoms with Crippen molar-refractivity contribution in [1.29, 1.82) is 0 Å². The summed E-state index contributed by atoms with van der Waals surface area (Å²) < 4.78 is 11.2. The van der Waals surface area contributed by atoms with Crippen LogP contribution in [-0.4, -0.2) is 36.5 Å². The maximum atomic E-state index is 12.9. The van der Waals surface area contributed by atoms with Gasteiger partial charge in [0.05, 0.1) is 18.6 Å². The molecule has 5 heteroatoms. The van der Waals surface area contributed by atoms with Crippen molar-refractivity contribution in [1.82, 2.24) is 4.90 Å². The summed E-state index contributed by atoms with van der Waals surface area (Å²) in [5.41, 5.74) is 1.43. The quantitative estimate of drug-likeness (QED) is 0.436.